The second-order valence-corrected chi connectivity index (χ2v) is 14.1. The van der Waals surface area contributed by atoms with Gasteiger partial charge in [0, 0.05) is 21.0 Å². The Bertz CT molecular complexity index is 1420. The maximum absolute atomic E-state index is 13.9. The first-order chi connectivity index (χ1) is 18.2. The van der Waals surface area contributed by atoms with Crippen LogP contribution >= 0.6 is 31.9 Å². The topological polar surface area (TPSA) is 86.8 Å². The molecule has 208 valence electrons. The van der Waals surface area contributed by atoms with Crippen LogP contribution in [0, 0.1) is 6.92 Å². The van der Waals surface area contributed by atoms with Crippen LogP contribution in [0.1, 0.15) is 38.8 Å². The number of sulfonamides is 1. The van der Waals surface area contributed by atoms with Crippen molar-refractivity contribution in [1.82, 2.24) is 10.2 Å². The van der Waals surface area contributed by atoms with E-state index in [9.17, 15) is 18.0 Å². The van der Waals surface area contributed by atoms with Crippen LogP contribution in [0.15, 0.2) is 86.6 Å². The summed E-state index contributed by atoms with van der Waals surface area (Å²) in [4.78, 5) is 28.6. The molecule has 1 unspecified atom stereocenters. The Morgan fingerprint density at radius 1 is 0.923 bits per heavy atom. The van der Waals surface area contributed by atoms with E-state index in [-0.39, 0.29) is 17.3 Å². The molecule has 0 aromatic heterocycles. The van der Waals surface area contributed by atoms with Gasteiger partial charge in [0.25, 0.3) is 10.0 Å². The molecular weight excluding hydrogens is 646 g/mol. The Balaban J connectivity index is 2.03. The highest BCUT2D eigenvalue weighted by Gasteiger charge is 2.33. The molecule has 1 N–H and O–H groups in total. The zero-order valence-corrected chi connectivity index (χ0v) is 26.6. The molecule has 3 aromatic carbocycles. The number of carbonyl (C=O) groups excluding carboxylic acids is 2. The van der Waals surface area contributed by atoms with Crippen molar-refractivity contribution in [3.05, 3.63) is 92.9 Å². The first-order valence-electron chi connectivity index (χ1n) is 12.4. The van der Waals surface area contributed by atoms with Gasteiger partial charge in [0.1, 0.15) is 12.6 Å². The Labute approximate surface area is 247 Å². The smallest absolute Gasteiger partial charge is 0.264 e. The first kappa shape index (κ1) is 30.8. The van der Waals surface area contributed by atoms with E-state index in [2.05, 4.69) is 37.2 Å². The molecule has 0 saturated heterocycles. The predicted molar refractivity (Wildman–Crippen MR) is 162 cm³/mol. The third-order valence-electron chi connectivity index (χ3n) is 5.91. The number of benzene rings is 3. The molecule has 0 aliphatic heterocycles. The minimum atomic E-state index is -4.10. The van der Waals surface area contributed by atoms with Crippen LogP contribution in [0.3, 0.4) is 0 Å². The minimum absolute atomic E-state index is 0.0703. The molecule has 3 aromatic rings. The summed E-state index contributed by atoms with van der Waals surface area (Å²) in [5.41, 5.74) is 1.54. The van der Waals surface area contributed by atoms with E-state index >= 15 is 0 Å². The van der Waals surface area contributed by atoms with E-state index in [4.69, 9.17) is 0 Å². The van der Waals surface area contributed by atoms with Gasteiger partial charge in [0.2, 0.25) is 11.8 Å². The molecular formula is C29H33Br2N3O4S. The first-order valence-corrected chi connectivity index (χ1v) is 15.4. The monoisotopic (exact) mass is 677 g/mol. The van der Waals surface area contributed by atoms with Gasteiger partial charge < -0.3 is 10.2 Å². The van der Waals surface area contributed by atoms with Gasteiger partial charge >= 0.3 is 0 Å². The highest BCUT2D eigenvalue weighted by atomic mass is 79.9. The van der Waals surface area contributed by atoms with Gasteiger partial charge in [-0.3, -0.25) is 13.9 Å². The van der Waals surface area contributed by atoms with Crippen molar-refractivity contribution in [3.63, 3.8) is 0 Å². The molecule has 10 heteroatoms. The summed E-state index contributed by atoms with van der Waals surface area (Å²) < 4.78 is 30.4. The van der Waals surface area contributed by atoms with Crippen molar-refractivity contribution in [2.24, 2.45) is 0 Å². The zero-order valence-electron chi connectivity index (χ0n) is 22.6. The summed E-state index contributed by atoms with van der Waals surface area (Å²) in [5.74, 6) is -0.840. The van der Waals surface area contributed by atoms with Crippen LogP contribution in [-0.4, -0.2) is 43.3 Å². The number of hydrogen-bond donors (Lipinski definition) is 1. The van der Waals surface area contributed by atoms with Gasteiger partial charge in [-0.25, -0.2) is 8.42 Å². The molecule has 0 saturated carbocycles. The molecule has 7 nitrogen and oxygen atoms in total. The highest BCUT2D eigenvalue weighted by Crippen LogP contribution is 2.26. The molecule has 3 rings (SSSR count). The lowest BCUT2D eigenvalue weighted by atomic mass is 10.1. The molecule has 1 atom stereocenters. The molecule has 0 spiro atoms. The second kappa shape index (κ2) is 12.7. The Kier molecular flexibility index (Phi) is 10.0. The summed E-state index contributed by atoms with van der Waals surface area (Å²) in [6.07, 6.45) is 0. The fourth-order valence-electron chi connectivity index (χ4n) is 3.86. The maximum Gasteiger partial charge on any atom is 0.264 e. The van der Waals surface area contributed by atoms with Crippen molar-refractivity contribution in [2.45, 2.75) is 57.6 Å². The molecule has 39 heavy (non-hydrogen) atoms. The van der Waals surface area contributed by atoms with Gasteiger partial charge in [0.05, 0.1) is 10.6 Å². The average Bonchev–Trinajstić information content (AvgIpc) is 2.85. The van der Waals surface area contributed by atoms with Crippen molar-refractivity contribution < 1.29 is 18.0 Å². The third kappa shape index (κ3) is 8.40. The van der Waals surface area contributed by atoms with Crippen LogP contribution in [-0.2, 0) is 26.2 Å². The lowest BCUT2D eigenvalue weighted by Crippen LogP contribution is -2.54. The minimum Gasteiger partial charge on any atom is -0.350 e. The molecule has 0 heterocycles. The van der Waals surface area contributed by atoms with Crippen LogP contribution < -0.4 is 9.62 Å². The van der Waals surface area contributed by atoms with E-state index in [0.29, 0.717) is 5.69 Å². The summed E-state index contributed by atoms with van der Waals surface area (Å²) >= 11 is 6.84. The number of rotatable bonds is 9. The van der Waals surface area contributed by atoms with E-state index in [1.807, 2.05) is 52.0 Å². The van der Waals surface area contributed by atoms with Gasteiger partial charge in [-0.15, -0.1) is 0 Å². The van der Waals surface area contributed by atoms with Gasteiger partial charge in [-0.1, -0.05) is 61.7 Å². The van der Waals surface area contributed by atoms with E-state index < -0.39 is 34.1 Å². The number of halogens is 2. The molecule has 0 radical (unpaired) electrons. The Hall–Kier alpha value is -2.69. The molecule has 2 amide bonds. The standard InChI is InChI=1S/C29H33Br2N3O4S/c1-20-9-15-26(16-10-20)39(37,38)34(25-13-11-23(30)12-14-25)19-27(35)33(18-22-7-6-8-24(31)17-22)21(2)28(36)32-29(3,4)5/h6-17,21H,18-19H2,1-5H3,(H,32,36). The number of aryl methyl sites for hydroxylation is 1. The normalized spacial score (nSPS) is 12.5. The van der Waals surface area contributed by atoms with Crippen LogP contribution in [0.2, 0.25) is 0 Å². The maximum atomic E-state index is 13.9. The number of nitrogens with zero attached hydrogens (tertiary/aromatic N) is 2. The van der Waals surface area contributed by atoms with Crippen molar-refractivity contribution in [1.29, 1.82) is 0 Å². The largest absolute Gasteiger partial charge is 0.350 e. The fraction of sp³-hybridized carbons (Fsp3) is 0.310. The number of carbonyl (C=O) groups is 2. The van der Waals surface area contributed by atoms with E-state index in [1.165, 1.54) is 17.0 Å². The molecule has 0 aliphatic rings. The zero-order chi connectivity index (χ0) is 29.0. The van der Waals surface area contributed by atoms with Crippen molar-refractivity contribution in [3.8, 4) is 0 Å². The molecule has 0 aliphatic carbocycles. The quantitative estimate of drug-likeness (QED) is 0.299. The fourth-order valence-corrected chi connectivity index (χ4v) is 5.99. The predicted octanol–water partition coefficient (Wildman–Crippen LogP) is 6.05. The number of nitrogens with one attached hydrogen (secondary N) is 1. The van der Waals surface area contributed by atoms with Crippen molar-refractivity contribution >= 4 is 59.4 Å². The second-order valence-electron chi connectivity index (χ2n) is 10.4. The average molecular weight is 679 g/mol. The highest BCUT2D eigenvalue weighted by molar-refractivity contribution is 9.10. The third-order valence-corrected chi connectivity index (χ3v) is 8.72. The summed E-state index contributed by atoms with van der Waals surface area (Å²) in [6.45, 7) is 8.74. The number of hydrogen-bond acceptors (Lipinski definition) is 4. The Morgan fingerprint density at radius 2 is 1.54 bits per heavy atom. The lowest BCUT2D eigenvalue weighted by molar-refractivity contribution is -0.140. The van der Waals surface area contributed by atoms with Crippen LogP contribution in [0.4, 0.5) is 5.69 Å². The summed E-state index contributed by atoms with van der Waals surface area (Å²) in [5, 5.41) is 2.92. The van der Waals surface area contributed by atoms with E-state index in [1.54, 1.807) is 43.3 Å². The van der Waals surface area contributed by atoms with E-state index in [0.717, 1.165) is 24.4 Å². The molecule has 0 bridgehead atoms. The van der Waals surface area contributed by atoms with Crippen molar-refractivity contribution in [2.75, 3.05) is 10.8 Å². The summed E-state index contributed by atoms with van der Waals surface area (Å²) in [7, 11) is -4.10. The van der Waals surface area contributed by atoms with Crippen LogP contribution in [0.25, 0.3) is 0 Å². The molecule has 0 fully saturated rings. The van der Waals surface area contributed by atoms with Gasteiger partial charge in [-0.05, 0) is 88.7 Å². The van der Waals surface area contributed by atoms with Crippen LogP contribution in [0.5, 0.6) is 0 Å². The van der Waals surface area contributed by atoms with Gasteiger partial charge in [0.15, 0.2) is 0 Å². The Morgan fingerprint density at radius 3 is 2.10 bits per heavy atom. The SMILES string of the molecule is Cc1ccc(S(=O)(=O)N(CC(=O)N(Cc2cccc(Br)c2)C(C)C(=O)NC(C)(C)C)c2ccc(Br)cc2)cc1. The number of amides is 2. The van der Waals surface area contributed by atoms with Gasteiger partial charge in [-0.2, -0.15) is 0 Å². The number of anilines is 1. The lowest BCUT2D eigenvalue weighted by Gasteiger charge is -2.33. The summed E-state index contributed by atoms with van der Waals surface area (Å²) in [6, 6.07) is 19.8.